The van der Waals surface area contributed by atoms with E-state index in [9.17, 15) is 9.59 Å². The maximum Gasteiger partial charge on any atom is 0.279 e. The van der Waals surface area contributed by atoms with Gasteiger partial charge in [0, 0.05) is 11.3 Å². The molecule has 4 nitrogen and oxygen atoms in total. The topological polar surface area (TPSA) is 58.2 Å². The van der Waals surface area contributed by atoms with Crippen molar-refractivity contribution in [2.24, 2.45) is 5.92 Å². The molecule has 5 heteroatoms. The molecule has 126 valence electrons. The number of rotatable bonds is 4. The van der Waals surface area contributed by atoms with E-state index < -0.39 is 0 Å². The lowest BCUT2D eigenvalue weighted by Gasteiger charge is -2.20. The first-order chi connectivity index (χ1) is 11.2. The van der Waals surface area contributed by atoms with Crippen molar-refractivity contribution in [3.05, 3.63) is 21.4 Å². The minimum Gasteiger partial charge on any atom is -0.273 e. The predicted molar refractivity (Wildman–Crippen MR) is 92.4 cm³/mol. The molecule has 2 aliphatic rings. The highest BCUT2D eigenvalue weighted by molar-refractivity contribution is 7.14. The second kappa shape index (κ2) is 7.95. The van der Waals surface area contributed by atoms with Gasteiger partial charge in [-0.05, 0) is 49.7 Å². The van der Waals surface area contributed by atoms with Gasteiger partial charge in [-0.25, -0.2) is 0 Å². The highest BCUT2D eigenvalue weighted by Crippen LogP contribution is 2.29. The molecule has 1 heterocycles. The number of aryl methyl sites for hydroxylation is 2. The Labute approximate surface area is 142 Å². The van der Waals surface area contributed by atoms with E-state index in [1.54, 1.807) is 11.3 Å². The fourth-order valence-electron chi connectivity index (χ4n) is 3.66. The van der Waals surface area contributed by atoms with Gasteiger partial charge in [0.25, 0.3) is 5.91 Å². The first-order valence-corrected chi connectivity index (χ1v) is 9.75. The molecular weight excluding hydrogens is 308 g/mol. The van der Waals surface area contributed by atoms with Crippen LogP contribution < -0.4 is 10.9 Å². The molecule has 1 aromatic heterocycles. The van der Waals surface area contributed by atoms with E-state index in [1.807, 2.05) is 6.07 Å². The normalized spacial score (nSPS) is 18.3. The molecule has 2 amide bonds. The second-order valence-corrected chi connectivity index (χ2v) is 7.95. The van der Waals surface area contributed by atoms with Crippen molar-refractivity contribution >= 4 is 23.2 Å². The third-order valence-electron chi connectivity index (χ3n) is 5.04. The molecule has 2 aliphatic carbocycles. The Kier molecular flexibility index (Phi) is 5.70. The summed E-state index contributed by atoms with van der Waals surface area (Å²) in [6.07, 6.45) is 12.5. The first-order valence-electron chi connectivity index (χ1n) is 8.93. The summed E-state index contributed by atoms with van der Waals surface area (Å²) in [5, 5.41) is 0. The molecule has 1 fully saturated rings. The zero-order valence-electron chi connectivity index (χ0n) is 13.7. The van der Waals surface area contributed by atoms with Crippen LogP contribution in [0.3, 0.4) is 0 Å². The molecule has 0 radical (unpaired) electrons. The number of hydrogen-bond donors (Lipinski definition) is 2. The van der Waals surface area contributed by atoms with Crippen molar-refractivity contribution in [2.45, 2.75) is 70.6 Å². The van der Waals surface area contributed by atoms with Crippen molar-refractivity contribution in [1.29, 1.82) is 0 Å². The average molecular weight is 334 g/mol. The third-order valence-corrected chi connectivity index (χ3v) is 6.28. The van der Waals surface area contributed by atoms with Crippen molar-refractivity contribution in [3.63, 3.8) is 0 Å². The summed E-state index contributed by atoms with van der Waals surface area (Å²) in [6.45, 7) is 0. The molecular formula is C18H26N2O2S. The Hall–Kier alpha value is -1.36. The Morgan fingerprint density at radius 3 is 2.61 bits per heavy atom. The monoisotopic (exact) mass is 334 g/mol. The molecule has 0 unspecified atom stereocenters. The fraction of sp³-hybridized carbons (Fsp3) is 0.667. The zero-order chi connectivity index (χ0) is 16.1. The van der Waals surface area contributed by atoms with Gasteiger partial charge in [0.05, 0.1) is 4.88 Å². The van der Waals surface area contributed by atoms with Gasteiger partial charge in [0.2, 0.25) is 5.91 Å². The van der Waals surface area contributed by atoms with Crippen LogP contribution in [-0.4, -0.2) is 11.8 Å². The van der Waals surface area contributed by atoms with E-state index in [2.05, 4.69) is 10.9 Å². The SMILES string of the molecule is O=C(CCC1CCCCC1)NNC(=O)c1cc2c(s1)CCCC2. The van der Waals surface area contributed by atoms with E-state index in [4.69, 9.17) is 0 Å². The maximum atomic E-state index is 12.2. The number of fused-ring (bicyclic) bond motifs is 1. The molecule has 0 spiro atoms. The highest BCUT2D eigenvalue weighted by Gasteiger charge is 2.18. The lowest BCUT2D eigenvalue weighted by molar-refractivity contribution is -0.122. The molecule has 0 saturated heterocycles. The van der Waals surface area contributed by atoms with Crippen molar-refractivity contribution in [2.75, 3.05) is 0 Å². The molecule has 23 heavy (non-hydrogen) atoms. The van der Waals surface area contributed by atoms with E-state index in [1.165, 1.54) is 55.4 Å². The Bertz CT molecular complexity index is 538. The fourth-order valence-corrected chi connectivity index (χ4v) is 4.81. The quantitative estimate of drug-likeness (QED) is 0.824. The zero-order valence-corrected chi connectivity index (χ0v) is 14.5. The number of hydrogen-bond acceptors (Lipinski definition) is 3. The van der Waals surface area contributed by atoms with Crippen molar-refractivity contribution < 1.29 is 9.59 Å². The molecule has 2 N–H and O–H groups in total. The number of thiophene rings is 1. The summed E-state index contributed by atoms with van der Waals surface area (Å²) in [4.78, 5) is 26.1. The number of carbonyl (C=O) groups is 2. The summed E-state index contributed by atoms with van der Waals surface area (Å²) >= 11 is 1.57. The Morgan fingerprint density at radius 2 is 1.83 bits per heavy atom. The minimum atomic E-state index is -0.185. The van der Waals surface area contributed by atoms with E-state index in [0.29, 0.717) is 17.2 Å². The van der Waals surface area contributed by atoms with Crippen molar-refractivity contribution in [3.8, 4) is 0 Å². The molecule has 0 bridgehead atoms. The molecule has 0 aliphatic heterocycles. The largest absolute Gasteiger partial charge is 0.279 e. The van der Waals surface area contributed by atoms with Gasteiger partial charge in [-0.15, -0.1) is 11.3 Å². The van der Waals surface area contributed by atoms with Gasteiger partial charge >= 0.3 is 0 Å². The first kappa shape index (κ1) is 16.5. The van der Waals surface area contributed by atoms with Crippen LogP contribution in [-0.2, 0) is 17.6 Å². The van der Waals surface area contributed by atoms with Gasteiger partial charge in [0.1, 0.15) is 0 Å². The number of nitrogens with one attached hydrogen (secondary N) is 2. The van der Waals surface area contributed by atoms with Gasteiger partial charge < -0.3 is 0 Å². The predicted octanol–water partition coefficient (Wildman–Crippen LogP) is 3.75. The molecule has 3 rings (SSSR count). The molecule has 1 saturated carbocycles. The second-order valence-electron chi connectivity index (χ2n) is 6.81. The van der Waals surface area contributed by atoms with Gasteiger partial charge in [-0.2, -0.15) is 0 Å². The smallest absolute Gasteiger partial charge is 0.273 e. The molecule has 0 atom stereocenters. The van der Waals surface area contributed by atoms with Gasteiger partial charge in [-0.1, -0.05) is 32.1 Å². The maximum absolute atomic E-state index is 12.2. The summed E-state index contributed by atoms with van der Waals surface area (Å²) < 4.78 is 0. The van der Waals surface area contributed by atoms with Crippen LogP contribution in [0, 0.1) is 5.92 Å². The number of hydrazine groups is 1. The lowest BCUT2D eigenvalue weighted by atomic mass is 9.86. The Balaban J connectivity index is 1.41. The lowest BCUT2D eigenvalue weighted by Crippen LogP contribution is -2.41. The van der Waals surface area contributed by atoms with Crippen LogP contribution >= 0.6 is 11.3 Å². The van der Waals surface area contributed by atoms with Crippen LogP contribution in [0.2, 0.25) is 0 Å². The van der Waals surface area contributed by atoms with Crippen LogP contribution in [0.5, 0.6) is 0 Å². The van der Waals surface area contributed by atoms with Crippen LogP contribution in [0.15, 0.2) is 6.07 Å². The van der Waals surface area contributed by atoms with E-state index in [0.717, 1.165) is 19.3 Å². The minimum absolute atomic E-state index is 0.0785. The summed E-state index contributed by atoms with van der Waals surface area (Å²) in [6, 6.07) is 1.99. The van der Waals surface area contributed by atoms with E-state index in [-0.39, 0.29) is 11.8 Å². The van der Waals surface area contributed by atoms with E-state index >= 15 is 0 Å². The number of amides is 2. The van der Waals surface area contributed by atoms with Gasteiger partial charge in [-0.3, -0.25) is 20.4 Å². The van der Waals surface area contributed by atoms with Crippen molar-refractivity contribution in [1.82, 2.24) is 10.9 Å². The Morgan fingerprint density at radius 1 is 1.04 bits per heavy atom. The standard InChI is InChI=1S/C18H26N2O2S/c21-17(11-10-13-6-2-1-3-7-13)19-20-18(22)16-12-14-8-4-5-9-15(14)23-16/h12-13H,1-11H2,(H,19,21)(H,20,22). The van der Waals surface area contributed by atoms with Crippen LogP contribution in [0.4, 0.5) is 0 Å². The third kappa shape index (κ3) is 4.56. The van der Waals surface area contributed by atoms with Gasteiger partial charge in [0.15, 0.2) is 0 Å². The molecule has 0 aromatic carbocycles. The molecule has 1 aromatic rings. The van der Waals surface area contributed by atoms with Crippen LogP contribution in [0.1, 0.15) is 77.9 Å². The summed E-state index contributed by atoms with van der Waals surface area (Å²) in [5.74, 6) is 0.426. The number of carbonyl (C=O) groups excluding carboxylic acids is 2. The summed E-state index contributed by atoms with van der Waals surface area (Å²) in [7, 11) is 0. The highest BCUT2D eigenvalue weighted by atomic mass is 32.1. The van der Waals surface area contributed by atoms with Crippen LogP contribution in [0.25, 0.3) is 0 Å². The summed E-state index contributed by atoms with van der Waals surface area (Å²) in [5.41, 5.74) is 6.45. The average Bonchev–Trinajstić information content (AvgIpc) is 3.03.